The van der Waals surface area contributed by atoms with E-state index in [1.165, 1.54) is 5.56 Å². The summed E-state index contributed by atoms with van der Waals surface area (Å²) in [5.74, 6) is 1.54. The van der Waals surface area contributed by atoms with Crippen molar-refractivity contribution in [3.8, 4) is 11.5 Å². The maximum Gasteiger partial charge on any atom is 0.277 e. The van der Waals surface area contributed by atoms with E-state index in [0.717, 1.165) is 21.3 Å². The Hall–Kier alpha value is -2.34. The van der Waals surface area contributed by atoms with Crippen LogP contribution in [0.3, 0.4) is 0 Å². The summed E-state index contributed by atoms with van der Waals surface area (Å²) in [6.45, 7) is 6.08. The third kappa shape index (κ3) is 5.59. The number of methoxy groups -OCH3 is 1. The molecule has 0 aliphatic carbocycles. The van der Waals surface area contributed by atoms with Crippen LogP contribution in [0, 0.1) is 6.92 Å². The summed E-state index contributed by atoms with van der Waals surface area (Å²) in [6, 6.07) is 11.5. The fraction of sp³-hybridized carbons (Fsp3) is 0.300. The van der Waals surface area contributed by atoms with Gasteiger partial charge in [-0.1, -0.05) is 19.9 Å². The molecule has 1 amide bonds. The molecule has 0 radical (unpaired) electrons. The zero-order chi connectivity index (χ0) is 19.1. The molecule has 0 saturated heterocycles. The average Bonchev–Trinajstić information content (AvgIpc) is 2.60. The summed E-state index contributed by atoms with van der Waals surface area (Å²) < 4.78 is 11.6. The van der Waals surface area contributed by atoms with Crippen LogP contribution in [0.4, 0.5) is 0 Å². The molecule has 0 fully saturated rings. The van der Waals surface area contributed by atoms with Crippen LogP contribution in [-0.4, -0.2) is 25.8 Å². The Bertz CT molecular complexity index is 804. The van der Waals surface area contributed by atoms with Gasteiger partial charge in [0.2, 0.25) is 0 Å². The van der Waals surface area contributed by atoms with Gasteiger partial charge >= 0.3 is 0 Å². The summed E-state index contributed by atoms with van der Waals surface area (Å²) in [6.07, 6.45) is 1.58. The molecule has 0 heterocycles. The Balaban J connectivity index is 1.86. The Kier molecular flexibility index (Phi) is 7.21. The van der Waals surface area contributed by atoms with Crippen LogP contribution in [0.2, 0.25) is 0 Å². The molecule has 1 N–H and O–H groups in total. The van der Waals surface area contributed by atoms with Gasteiger partial charge in [0, 0.05) is 0 Å². The van der Waals surface area contributed by atoms with Crippen molar-refractivity contribution >= 4 is 28.1 Å². The standard InChI is InChI=1S/C20H23BrN2O3/c1-13(2)16-6-8-19(17(21)10-16)26-12-20(24)23-22-11-15-5-7-18(25-4)14(3)9-15/h5-11,13H,12H2,1-4H3,(H,23,24). The topological polar surface area (TPSA) is 59.9 Å². The van der Waals surface area contributed by atoms with Gasteiger partial charge in [-0.3, -0.25) is 4.79 Å². The molecule has 0 bridgehead atoms. The molecular formula is C20H23BrN2O3. The molecule has 0 aliphatic rings. The minimum atomic E-state index is -0.327. The number of hydrogen-bond donors (Lipinski definition) is 1. The van der Waals surface area contributed by atoms with E-state index in [1.54, 1.807) is 13.3 Å². The van der Waals surface area contributed by atoms with Crippen molar-refractivity contribution in [2.24, 2.45) is 5.10 Å². The van der Waals surface area contributed by atoms with Crippen molar-refractivity contribution in [1.29, 1.82) is 0 Å². The predicted molar refractivity (Wildman–Crippen MR) is 107 cm³/mol. The van der Waals surface area contributed by atoms with Crippen LogP contribution in [-0.2, 0) is 4.79 Å². The third-order valence-electron chi connectivity index (χ3n) is 3.80. The molecule has 0 saturated carbocycles. The van der Waals surface area contributed by atoms with E-state index in [0.29, 0.717) is 11.7 Å². The van der Waals surface area contributed by atoms with E-state index in [2.05, 4.69) is 40.3 Å². The first-order valence-corrected chi connectivity index (χ1v) is 9.08. The highest BCUT2D eigenvalue weighted by Crippen LogP contribution is 2.28. The highest BCUT2D eigenvalue weighted by molar-refractivity contribution is 9.10. The van der Waals surface area contributed by atoms with E-state index in [4.69, 9.17) is 9.47 Å². The van der Waals surface area contributed by atoms with Gasteiger partial charge in [0.1, 0.15) is 11.5 Å². The minimum absolute atomic E-state index is 0.112. The first-order chi connectivity index (χ1) is 12.4. The number of nitrogens with one attached hydrogen (secondary N) is 1. The quantitative estimate of drug-likeness (QED) is 0.534. The van der Waals surface area contributed by atoms with Crippen molar-refractivity contribution in [2.75, 3.05) is 13.7 Å². The number of rotatable bonds is 7. The molecule has 0 aliphatic heterocycles. The molecular weight excluding hydrogens is 396 g/mol. The van der Waals surface area contributed by atoms with E-state index < -0.39 is 0 Å². The molecule has 2 aromatic rings. The summed E-state index contributed by atoms with van der Waals surface area (Å²) >= 11 is 3.47. The van der Waals surface area contributed by atoms with Crippen molar-refractivity contribution < 1.29 is 14.3 Å². The highest BCUT2D eigenvalue weighted by atomic mass is 79.9. The van der Waals surface area contributed by atoms with Gasteiger partial charge in [0.05, 0.1) is 17.8 Å². The number of hydrazone groups is 1. The molecule has 2 rings (SSSR count). The van der Waals surface area contributed by atoms with Gasteiger partial charge in [-0.2, -0.15) is 5.10 Å². The van der Waals surface area contributed by atoms with Crippen LogP contribution in [0.15, 0.2) is 46.0 Å². The lowest BCUT2D eigenvalue weighted by Crippen LogP contribution is -2.24. The predicted octanol–water partition coefficient (Wildman–Crippen LogP) is 4.42. The second-order valence-corrected chi connectivity index (χ2v) is 7.01. The second-order valence-electron chi connectivity index (χ2n) is 6.16. The molecule has 0 unspecified atom stereocenters. The lowest BCUT2D eigenvalue weighted by molar-refractivity contribution is -0.123. The summed E-state index contributed by atoms with van der Waals surface area (Å²) in [7, 11) is 1.63. The van der Waals surface area contributed by atoms with Crippen molar-refractivity contribution in [1.82, 2.24) is 5.43 Å². The fourth-order valence-electron chi connectivity index (χ4n) is 2.33. The van der Waals surface area contributed by atoms with E-state index in [1.807, 2.05) is 43.3 Å². The SMILES string of the molecule is COc1ccc(C=NNC(=O)COc2ccc(C(C)C)cc2Br)cc1C. The number of halogens is 1. The molecule has 6 heteroatoms. The molecule has 0 spiro atoms. The van der Waals surface area contributed by atoms with E-state index >= 15 is 0 Å². The number of aryl methyl sites for hydroxylation is 1. The number of carbonyl (C=O) groups excluding carboxylic acids is 1. The summed E-state index contributed by atoms with van der Waals surface area (Å²) in [5.41, 5.74) is 5.53. The Labute approximate surface area is 162 Å². The molecule has 26 heavy (non-hydrogen) atoms. The summed E-state index contributed by atoms with van der Waals surface area (Å²) in [5, 5.41) is 3.95. The Morgan fingerprint density at radius 2 is 1.96 bits per heavy atom. The smallest absolute Gasteiger partial charge is 0.277 e. The second kappa shape index (κ2) is 9.38. The van der Waals surface area contributed by atoms with Crippen molar-refractivity contribution in [2.45, 2.75) is 26.7 Å². The number of carbonyl (C=O) groups is 1. The van der Waals surface area contributed by atoms with Gasteiger partial charge in [-0.15, -0.1) is 0 Å². The summed E-state index contributed by atoms with van der Waals surface area (Å²) in [4.78, 5) is 11.9. The molecule has 0 atom stereocenters. The zero-order valence-corrected chi connectivity index (χ0v) is 17.0. The number of ether oxygens (including phenoxy) is 2. The molecule has 0 aromatic heterocycles. The van der Waals surface area contributed by atoms with Crippen LogP contribution >= 0.6 is 15.9 Å². The maximum absolute atomic E-state index is 11.9. The van der Waals surface area contributed by atoms with Gasteiger partial charge in [-0.05, 0) is 75.8 Å². The number of benzene rings is 2. The average molecular weight is 419 g/mol. The lowest BCUT2D eigenvalue weighted by Gasteiger charge is -2.10. The number of hydrogen-bond acceptors (Lipinski definition) is 4. The molecule has 5 nitrogen and oxygen atoms in total. The van der Waals surface area contributed by atoms with Crippen LogP contribution in [0.1, 0.15) is 36.5 Å². The van der Waals surface area contributed by atoms with Crippen LogP contribution in [0.25, 0.3) is 0 Å². The third-order valence-corrected chi connectivity index (χ3v) is 4.42. The molecule has 2 aromatic carbocycles. The maximum atomic E-state index is 11.9. The van der Waals surface area contributed by atoms with E-state index in [9.17, 15) is 4.79 Å². The van der Waals surface area contributed by atoms with Crippen molar-refractivity contribution in [3.05, 3.63) is 57.6 Å². The van der Waals surface area contributed by atoms with Crippen molar-refractivity contribution in [3.63, 3.8) is 0 Å². The normalized spacial score (nSPS) is 11.0. The Morgan fingerprint density at radius 1 is 1.23 bits per heavy atom. The monoisotopic (exact) mass is 418 g/mol. The number of amides is 1. The van der Waals surface area contributed by atoms with E-state index in [-0.39, 0.29) is 12.5 Å². The van der Waals surface area contributed by atoms with Gasteiger partial charge in [-0.25, -0.2) is 5.43 Å². The minimum Gasteiger partial charge on any atom is -0.496 e. The first-order valence-electron chi connectivity index (χ1n) is 8.29. The number of nitrogens with zero attached hydrogens (tertiary/aromatic N) is 1. The zero-order valence-electron chi connectivity index (χ0n) is 15.4. The fourth-order valence-corrected chi connectivity index (χ4v) is 2.84. The molecule has 138 valence electrons. The van der Waals surface area contributed by atoms with Gasteiger partial charge in [0.15, 0.2) is 6.61 Å². The first kappa shape index (κ1) is 20.0. The van der Waals surface area contributed by atoms with Crippen LogP contribution < -0.4 is 14.9 Å². The van der Waals surface area contributed by atoms with Gasteiger partial charge < -0.3 is 9.47 Å². The lowest BCUT2D eigenvalue weighted by atomic mass is 10.0. The highest BCUT2D eigenvalue weighted by Gasteiger charge is 2.07. The van der Waals surface area contributed by atoms with Crippen LogP contribution in [0.5, 0.6) is 11.5 Å². The largest absolute Gasteiger partial charge is 0.496 e. The van der Waals surface area contributed by atoms with Gasteiger partial charge in [0.25, 0.3) is 5.91 Å². The Morgan fingerprint density at radius 3 is 2.58 bits per heavy atom.